The zero-order chi connectivity index (χ0) is 26.5. The van der Waals surface area contributed by atoms with Crippen molar-refractivity contribution in [3.63, 3.8) is 0 Å². The Morgan fingerprint density at radius 1 is 1.03 bits per heavy atom. The Bertz CT molecular complexity index is 1560. The molecule has 2 N–H and O–H groups in total. The van der Waals surface area contributed by atoms with Crippen molar-refractivity contribution < 1.29 is 19.1 Å². The largest absolute Gasteiger partial charge is 0.484 e. The van der Waals surface area contributed by atoms with Crippen molar-refractivity contribution in [1.29, 1.82) is 0 Å². The summed E-state index contributed by atoms with van der Waals surface area (Å²) in [5.41, 5.74) is 2.26. The quantitative estimate of drug-likeness (QED) is 0.337. The molecule has 10 heteroatoms. The summed E-state index contributed by atoms with van der Waals surface area (Å²) in [6.45, 7) is 3.94. The summed E-state index contributed by atoms with van der Waals surface area (Å²) in [6.07, 6.45) is 0.672. The van der Waals surface area contributed by atoms with Crippen LogP contribution in [0, 0.1) is 0 Å². The summed E-state index contributed by atoms with van der Waals surface area (Å²) in [5, 5.41) is 2.67. The third kappa shape index (κ3) is 5.32. The Morgan fingerprint density at radius 3 is 2.46 bits per heavy atom. The zero-order valence-electron chi connectivity index (χ0n) is 20.9. The topological polar surface area (TPSA) is 124 Å². The molecule has 0 fully saturated rings. The molecule has 0 radical (unpaired) electrons. The fourth-order valence-electron chi connectivity index (χ4n) is 4.00. The lowest BCUT2D eigenvalue weighted by molar-refractivity contribution is -0.118. The minimum absolute atomic E-state index is 0.230. The summed E-state index contributed by atoms with van der Waals surface area (Å²) in [6, 6.07) is 15.3. The lowest BCUT2D eigenvalue weighted by Crippen LogP contribution is -2.38. The van der Waals surface area contributed by atoms with E-state index in [2.05, 4.69) is 10.3 Å². The average molecular weight is 505 g/mol. The number of fused-ring (bicyclic) bond motifs is 1. The Balaban J connectivity index is 1.46. The molecule has 0 atom stereocenters. The van der Waals surface area contributed by atoms with Gasteiger partial charge in [-0.15, -0.1) is 0 Å². The van der Waals surface area contributed by atoms with Crippen LogP contribution in [-0.4, -0.2) is 39.2 Å². The molecule has 0 aliphatic carbocycles. The van der Waals surface area contributed by atoms with E-state index < -0.39 is 11.9 Å². The molecule has 4 aromatic rings. The highest BCUT2D eigenvalue weighted by molar-refractivity contribution is 6.01. The summed E-state index contributed by atoms with van der Waals surface area (Å²) < 4.78 is 13.3. The van der Waals surface area contributed by atoms with Gasteiger partial charge in [0, 0.05) is 19.3 Å². The van der Waals surface area contributed by atoms with Gasteiger partial charge in [0.05, 0.1) is 23.4 Å². The second-order valence-corrected chi connectivity index (χ2v) is 8.37. The number of aromatic nitrogens is 3. The first-order valence-corrected chi connectivity index (χ1v) is 12.0. The molecule has 0 saturated heterocycles. The van der Waals surface area contributed by atoms with Gasteiger partial charge in [-0.25, -0.2) is 9.59 Å². The third-order valence-electron chi connectivity index (χ3n) is 5.81. The average Bonchev–Trinajstić information content (AvgIpc) is 3.35. The van der Waals surface area contributed by atoms with Crippen LogP contribution in [0.5, 0.6) is 5.75 Å². The van der Waals surface area contributed by atoms with E-state index in [1.165, 1.54) is 9.13 Å². The first-order chi connectivity index (χ1) is 17.8. The number of nitrogens with zero attached hydrogens (tertiary/aromatic N) is 2. The van der Waals surface area contributed by atoms with Gasteiger partial charge < -0.3 is 19.8 Å². The fraction of sp³-hybridized carbons (Fsp3) is 0.259. The molecule has 0 unspecified atom stereocenters. The predicted molar refractivity (Wildman–Crippen MR) is 140 cm³/mol. The number of rotatable bonds is 9. The molecule has 2 heterocycles. The standard InChI is InChI=1S/C27H28N4O6/c1-4-14-31-25(33)24-22(30(3)27(31)35)15-21(29-24)17-10-12-18(13-11-17)37-16-23(32)28-20-9-7-6-8-19(20)26(34)36-5-2/h6-13,15,29H,4-5,14,16H2,1-3H3,(H,28,32). The number of anilines is 1. The molecule has 4 rings (SSSR count). The minimum Gasteiger partial charge on any atom is -0.484 e. The molecular formula is C27H28N4O6. The SMILES string of the molecule is CCCn1c(=O)c2[nH]c(-c3ccc(OCC(=O)Nc4ccccc4C(=O)OCC)cc3)cc2n(C)c1=O. The number of esters is 1. The van der Waals surface area contributed by atoms with E-state index >= 15 is 0 Å². The van der Waals surface area contributed by atoms with Crippen molar-refractivity contribution in [3.8, 4) is 17.0 Å². The number of carbonyl (C=O) groups excluding carboxylic acids is 2. The number of carbonyl (C=O) groups is 2. The van der Waals surface area contributed by atoms with E-state index in [0.717, 1.165) is 5.56 Å². The van der Waals surface area contributed by atoms with E-state index in [-0.39, 0.29) is 30.0 Å². The lowest BCUT2D eigenvalue weighted by atomic mass is 10.1. The number of nitrogens with one attached hydrogen (secondary N) is 2. The van der Waals surface area contributed by atoms with Crippen LogP contribution in [0.1, 0.15) is 30.6 Å². The molecule has 1 amide bonds. The molecule has 2 aromatic carbocycles. The maximum atomic E-state index is 12.8. The number of aryl methyl sites for hydroxylation is 1. The third-order valence-corrected chi connectivity index (χ3v) is 5.81. The van der Waals surface area contributed by atoms with Gasteiger partial charge >= 0.3 is 11.7 Å². The summed E-state index contributed by atoms with van der Waals surface area (Å²) >= 11 is 0. The van der Waals surface area contributed by atoms with E-state index in [9.17, 15) is 19.2 Å². The van der Waals surface area contributed by atoms with Gasteiger partial charge in [0.2, 0.25) is 0 Å². The van der Waals surface area contributed by atoms with E-state index in [0.29, 0.717) is 41.1 Å². The number of hydrogen-bond acceptors (Lipinski definition) is 6. The smallest absolute Gasteiger partial charge is 0.340 e. The van der Waals surface area contributed by atoms with Crippen LogP contribution in [0.2, 0.25) is 0 Å². The molecule has 0 spiro atoms. The second kappa shape index (κ2) is 11.0. The number of amides is 1. The molecule has 0 aliphatic rings. The van der Waals surface area contributed by atoms with Gasteiger partial charge in [-0.1, -0.05) is 19.1 Å². The number of aromatic amines is 1. The highest BCUT2D eigenvalue weighted by atomic mass is 16.5. The Morgan fingerprint density at radius 2 is 1.76 bits per heavy atom. The molecule has 0 saturated carbocycles. The van der Waals surface area contributed by atoms with Crippen LogP contribution in [-0.2, 0) is 23.1 Å². The Kier molecular flexibility index (Phi) is 7.57. The predicted octanol–water partition coefficient (Wildman–Crippen LogP) is 3.30. The van der Waals surface area contributed by atoms with Crippen LogP contribution in [0.4, 0.5) is 5.69 Å². The second-order valence-electron chi connectivity index (χ2n) is 8.37. The fourth-order valence-corrected chi connectivity index (χ4v) is 4.00. The van der Waals surface area contributed by atoms with Gasteiger partial charge in [-0.05, 0) is 61.4 Å². The summed E-state index contributed by atoms with van der Waals surface area (Å²) in [5.74, 6) is -0.483. The summed E-state index contributed by atoms with van der Waals surface area (Å²) in [7, 11) is 1.64. The normalized spacial score (nSPS) is 10.9. The zero-order valence-corrected chi connectivity index (χ0v) is 20.9. The number of H-pyrrole nitrogens is 1. The first-order valence-electron chi connectivity index (χ1n) is 12.0. The number of benzene rings is 2. The van der Waals surface area contributed by atoms with Crippen LogP contribution in [0.25, 0.3) is 22.3 Å². The van der Waals surface area contributed by atoms with E-state index in [1.807, 2.05) is 6.92 Å². The van der Waals surface area contributed by atoms with Crippen molar-refractivity contribution in [2.75, 3.05) is 18.5 Å². The van der Waals surface area contributed by atoms with Crippen molar-refractivity contribution in [2.24, 2.45) is 7.05 Å². The Hall–Kier alpha value is -4.60. The van der Waals surface area contributed by atoms with Gasteiger partial charge in [0.1, 0.15) is 11.3 Å². The van der Waals surface area contributed by atoms with Gasteiger partial charge in [-0.3, -0.25) is 18.7 Å². The number of para-hydroxylation sites is 1. The highest BCUT2D eigenvalue weighted by Crippen LogP contribution is 2.24. The molecule has 10 nitrogen and oxygen atoms in total. The van der Waals surface area contributed by atoms with Gasteiger partial charge in [0.15, 0.2) is 6.61 Å². The summed E-state index contributed by atoms with van der Waals surface area (Å²) in [4.78, 5) is 53.0. The molecule has 0 aliphatic heterocycles. The van der Waals surface area contributed by atoms with Crippen LogP contribution < -0.4 is 21.3 Å². The molecule has 2 aromatic heterocycles. The molecule has 192 valence electrons. The molecule has 0 bridgehead atoms. The maximum absolute atomic E-state index is 12.8. The minimum atomic E-state index is -0.517. The van der Waals surface area contributed by atoms with Crippen LogP contribution in [0.3, 0.4) is 0 Å². The molecule has 37 heavy (non-hydrogen) atoms. The highest BCUT2D eigenvalue weighted by Gasteiger charge is 2.16. The van der Waals surface area contributed by atoms with Crippen molar-refractivity contribution in [2.45, 2.75) is 26.8 Å². The maximum Gasteiger partial charge on any atom is 0.340 e. The lowest BCUT2D eigenvalue weighted by Gasteiger charge is -2.11. The number of hydrogen-bond donors (Lipinski definition) is 2. The van der Waals surface area contributed by atoms with Crippen LogP contribution >= 0.6 is 0 Å². The number of ether oxygens (including phenoxy) is 2. The van der Waals surface area contributed by atoms with Crippen LogP contribution in [0.15, 0.2) is 64.2 Å². The molecular weight excluding hydrogens is 476 g/mol. The first kappa shape index (κ1) is 25.5. The monoisotopic (exact) mass is 504 g/mol. The van der Waals surface area contributed by atoms with Crippen molar-refractivity contribution in [1.82, 2.24) is 14.1 Å². The van der Waals surface area contributed by atoms with Crippen molar-refractivity contribution in [3.05, 3.63) is 81.0 Å². The van der Waals surface area contributed by atoms with E-state index in [1.54, 1.807) is 68.6 Å². The van der Waals surface area contributed by atoms with Gasteiger partial charge in [0.25, 0.3) is 11.5 Å². The van der Waals surface area contributed by atoms with Crippen molar-refractivity contribution >= 4 is 28.6 Å². The van der Waals surface area contributed by atoms with E-state index in [4.69, 9.17) is 9.47 Å². The Labute approximate surface area is 212 Å². The van der Waals surface area contributed by atoms with Gasteiger partial charge in [-0.2, -0.15) is 0 Å².